The Morgan fingerprint density at radius 3 is 2.19 bits per heavy atom. The predicted molar refractivity (Wildman–Crippen MR) is 101 cm³/mol. The lowest BCUT2D eigenvalue weighted by Crippen LogP contribution is -2.43. The molecule has 0 radical (unpaired) electrons. The number of nitrogens with zero attached hydrogens (tertiary/aromatic N) is 3. The zero-order chi connectivity index (χ0) is 20.5. The molecule has 1 atom stereocenters. The van der Waals surface area contributed by atoms with E-state index >= 15 is 0 Å². The van der Waals surface area contributed by atoms with E-state index in [9.17, 15) is 13.2 Å². The van der Waals surface area contributed by atoms with Crippen molar-refractivity contribution in [2.24, 2.45) is 0 Å². The maximum Gasteiger partial charge on any atom is 0.329 e. The lowest BCUT2D eigenvalue weighted by Gasteiger charge is -2.29. The number of aromatic nitrogens is 2. The van der Waals surface area contributed by atoms with Gasteiger partial charge in [-0.15, -0.1) is 0 Å². The SMILES string of the molecule is COC(=O)C(C)N(c1c(Cl)c(Cl)cc2nc(OC)c(OC)nc12)S(C)(=O)=O. The van der Waals surface area contributed by atoms with Gasteiger partial charge in [-0.1, -0.05) is 23.2 Å². The van der Waals surface area contributed by atoms with Crippen LogP contribution in [0.15, 0.2) is 6.07 Å². The second-order valence-electron chi connectivity index (χ2n) is 5.39. The summed E-state index contributed by atoms with van der Waals surface area (Å²) in [4.78, 5) is 20.5. The van der Waals surface area contributed by atoms with Crippen molar-refractivity contribution in [2.75, 3.05) is 31.9 Å². The first-order valence-electron chi connectivity index (χ1n) is 7.41. The molecule has 12 heteroatoms. The topological polar surface area (TPSA) is 108 Å². The number of carbonyl (C=O) groups excluding carboxylic acids is 1. The van der Waals surface area contributed by atoms with E-state index < -0.39 is 22.0 Å². The first-order valence-corrected chi connectivity index (χ1v) is 10.0. The molecule has 0 saturated carbocycles. The van der Waals surface area contributed by atoms with Crippen LogP contribution >= 0.6 is 23.2 Å². The smallest absolute Gasteiger partial charge is 0.329 e. The van der Waals surface area contributed by atoms with E-state index in [1.165, 1.54) is 27.2 Å². The highest BCUT2D eigenvalue weighted by molar-refractivity contribution is 7.92. The highest BCUT2D eigenvalue weighted by Gasteiger charge is 2.34. The highest BCUT2D eigenvalue weighted by Crippen LogP contribution is 2.42. The molecule has 0 amide bonds. The zero-order valence-corrected chi connectivity index (χ0v) is 17.4. The number of benzene rings is 1. The van der Waals surface area contributed by atoms with Crippen LogP contribution in [-0.4, -0.2) is 58.0 Å². The van der Waals surface area contributed by atoms with Gasteiger partial charge in [0, 0.05) is 0 Å². The molecule has 2 aromatic rings. The molecule has 2 rings (SSSR count). The van der Waals surface area contributed by atoms with Gasteiger partial charge in [-0.25, -0.2) is 23.2 Å². The predicted octanol–water partition coefficient (Wildman–Crippen LogP) is 2.28. The lowest BCUT2D eigenvalue weighted by molar-refractivity contribution is -0.141. The fourth-order valence-corrected chi connectivity index (χ4v) is 4.12. The summed E-state index contributed by atoms with van der Waals surface area (Å²) in [5.41, 5.74) is 0.138. The fraction of sp³-hybridized carbons (Fsp3) is 0.400. The zero-order valence-electron chi connectivity index (χ0n) is 15.1. The molecule has 9 nitrogen and oxygen atoms in total. The number of fused-ring (bicyclic) bond motifs is 1. The van der Waals surface area contributed by atoms with Crippen molar-refractivity contribution >= 4 is 55.9 Å². The van der Waals surface area contributed by atoms with Gasteiger partial charge in [-0.05, 0) is 13.0 Å². The van der Waals surface area contributed by atoms with Gasteiger partial charge in [0.05, 0.1) is 43.1 Å². The van der Waals surface area contributed by atoms with Crippen molar-refractivity contribution in [3.63, 3.8) is 0 Å². The normalized spacial score (nSPS) is 12.6. The van der Waals surface area contributed by atoms with Crippen molar-refractivity contribution in [1.29, 1.82) is 0 Å². The summed E-state index contributed by atoms with van der Waals surface area (Å²) < 4.78 is 40.7. The molecule has 0 saturated heterocycles. The van der Waals surface area contributed by atoms with Gasteiger partial charge in [-0.3, -0.25) is 4.31 Å². The molecule has 0 aliphatic carbocycles. The lowest BCUT2D eigenvalue weighted by atomic mass is 10.2. The summed E-state index contributed by atoms with van der Waals surface area (Å²) in [5, 5.41) is -0.0988. The number of hydrogen-bond donors (Lipinski definition) is 0. The van der Waals surface area contributed by atoms with Gasteiger partial charge in [-0.2, -0.15) is 0 Å². The molecule has 0 fully saturated rings. The monoisotopic (exact) mass is 437 g/mol. The van der Waals surface area contributed by atoms with E-state index in [-0.39, 0.29) is 38.5 Å². The number of ether oxygens (including phenoxy) is 3. The van der Waals surface area contributed by atoms with Crippen LogP contribution in [0.2, 0.25) is 10.0 Å². The first kappa shape index (κ1) is 21.3. The van der Waals surface area contributed by atoms with E-state index in [1.54, 1.807) is 0 Å². The molecular weight excluding hydrogens is 421 g/mol. The summed E-state index contributed by atoms with van der Waals surface area (Å²) in [6, 6.07) is 0.167. The number of methoxy groups -OCH3 is 3. The molecule has 0 spiro atoms. The molecule has 0 N–H and O–H groups in total. The van der Waals surface area contributed by atoms with Crippen molar-refractivity contribution in [3.05, 3.63) is 16.1 Å². The largest absolute Gasteiger partial charge is 0.477 e. The number of hydrogen-bond acceptors (Lipinski definition) is 8. The van der Waals surface area contributed by atoms with Crippen LogP contribution in [0, 0.1) is 0 Å². The molecular formula is C15H17Cl2N3O6S. The van der Waals surface area contributed by atoms with Gasteiger partial charge < -0.3 is 14.2 Å². The van der Waals surface area contributed by atoms with Crippen LogP contribution < -0.4 is 13.8 Å². The van der Waals surface area contributed by atoms with Crippen molar-refractivity contribution in [3.8, 4) is 11.8 Å². The summed E-state index contributed by atoms with van der Waals surface area (Å²) in [6.07, 6.45) is 0.920. The van der Waals surface area contributed by atoms with E-state index in [0.717, 1.165) is 17.7 Å². The highest BCUT2D eigenvalue weighted by atomic mass is 35.5. The average Bonchev–Trinajstić information content (AvgIpc) is 2.62. The van der Waals surface area contributed by atoms with E-state index in [1.807, 2.05) is 0 Å². The molecule has 148 valence electrons. The van der Waals surface area contributed by atoms with Gasteiger partial charge in [0.25, 0.3) is 11.8 Å². The molecule has 1 unspecified atom stereocenters. The second kappa shape index (κ2) is 7.91. The van der Waals surface area contributed by atoms with Gasteiger partial charge in [0.15, 0.2) is 0 Å². The maximum atomic E-state index is 12.5. The molecule has 0 bridgehead atoms. The Kier molecular flexibility index (Phi) is 6.23. The Bertz CT molecular complexity index is 999. The molecule has 1 heterocycles. The average molecular weight is 438 g/mol. The van der Waals surface area contributed by atoms with Crippen LogP contribution in [0.5, 0.6) is 11.8 Å². The number of anilines is 1. The summed E-state index contributed by atoms with van der Waals surface area (Å²) in [5.74, 6) is -0.719. The third-order valence-corrected chi connectivity index (χ3v) is 5.62. The van der Waals surface area contributed by atoms with Gasteiger partial charge >= 0.3 is 5.97 Å². The van der Waals surface area contributed by atoms with Crippen LogP contribution in [0.25, 0.3) is 11.0 Å². The standard InChI is InChI=1S/C15H17Cl2N3O6S/c1-7(15(21)26-4)20(27(5,22)23)12-10(17)8(16)6-9-11(12)19-14(25-3)13(18-9)24-2/h6-7H,1-5H3. The third kappa shape index (κ3) is 3.97. The Labute approximate surface area is 166 Å². The van der Waals surface area contributed by atoms with E-state index in [2.05, 4.69) is 14.7 Å². The minimum absolute atomic E-state index is 0.00353. The van der Waals surface area contributed by atoms with Crippen molar-refractivity contribution < 1.29 is 27.4 Å². The minimum Gasteiger partial charge on any atom is -0.477 e. The number of rotatable bonds is 6. The molecule has 0 aliphatic rings. The Balaban J connectivity index is 2.96. The molecule has 1 aromatic carbocycles. The Morgan fingerprint density at radius 1 is 1.15 bits per heavy atom. The van der Waals surface area contributed by atoms with Crippen molar-refractivity contribution in [2.45, 2.75) is 13.0 Å². The number of halogens is 2. The molecule has 27 heavy (non-hydrogen) atoms. The Hall–Kier alpha value is -2.04. The maximum absolute atomic E-state index is 12.5. The van der Waals surface area contributed by atoms with Crippen molar-refractivity contribution in [1.82, 2.24) is 9.97 Å². The van der Waals surface area contributed by atoms with E-state index in [0.29, 0.717) is 0 Å². The summed E-state index contributed by atoms with van der Waals surface area (Å²) >= 11 is 12.5. The van der Waals surface area contributed by atoms with Crippen LogP contribution in [0.3, 0.4) is 0 Å². The number of carbonyl (C=O) groups is 1. The second-order valence-corrected chi connectivity index (χ2v) is 8.03. The summed E-state index contributed by atoms with van der Waals surface area (Å²) in [7, 11) is -0.123. The van der Waals surface area contributed by atoms with Crippen LogP contribution in [0.4, 0.5) is 5.69 Å². The number of esters is 1. The van der Waals surface area contributed by atoms with Crippen LogP contribution in [0.1, 0.15) is 6.92 Å². The quantitative estimate of drug-likeness (QED) is 0.633. The molecule has 0 aliphatic heterocycles. The van der Waals surface area contributed by atoms with Gasteiger partial charge in [0.2, 0.25) is 10.0 Å². The third-order valence-electron chi connectivity index (χ3n) is 3.62. The molecule has 1 aromatic heterocycles. The van der Waals surface area contributed by atoms with Gasteiger partial charge in [0.1, 0.15) is 17.2 Å². The number of sulfonamides is 1. The Morgan fingerprint density at radius 2 is 1.70 bits per heavy atom. The first-order chi connectivity index (χ1) is 12.6. The van der Waals surface area contributed by atoms with Crippen LogP contribution in [-0.2, 0) is 19.6 Å². The van der Waals surface area contributed by atoms with E-state index in [4.69, 9.17) is 32.7 Å². The minimum atomic E-state index is -3.99. The summed E-state index contributed by atoms with van der Waals surface area (Å²) in [6.45, 7) is 1.35. The fourth-order valence-electron chi connectivity index (χ4n) is 2.47.